The molecule has 5 nitrogen and oxygen atoms in total. The summed E-state index contributed by atoms with van der Waals surface area (Å²) in [5.74, 6) is -1.22. The van der Waals surface area contributed by atoms with Crippen LogP contribution in [0, 0.1) is 5.82 Å². The lowest BCUT2D eigenvalue weighted by molar-refractivity contribution is -0.115. The van der Waals surface area contributed by atoms with Gasteiger partial charge in [0.1, 0.15) is 5.82 Å². The molecule has 0 radical (unpaired) electrons. The van der Waals surface area contributed by atoms with E-state index in [1.807, 2.05) is 13.0 Å². The molecule has 1 aromatic heterocycles. The van der Waals surface area contributed by atoms with Gasteiger partial charge in [-0.2, -0.15) is 0 Å². The summed E-state index contributed by atoms with van der Waals surface area (Å²) in [5, 5.41) is 7.56. The molecule has 0 spiro atoms. The van der Waals surface area contributed by atoms with E-state index in [1.165, 1.54) is 41.3 Å². The van der Waals surface area contributed by atoms with Gasteiger partial charge in [-0.25, -0.2) is 9.37 Å². The molecule has 0 saturated heterocycles. The van der Waals surface area contributed by atoms with Crippen LogP contribution in [0.4, 0.5) is 15.2 Å². The topological polar surface area (TPSA) is 71.1 Å². The van der Waals surface area contributed by atoms with E-state index in [-0.39, 0.29) is 16.7 Å². The van der Waals surface area contributed by atoms with Crippen LogP contribution in [0.2, 0.25) is 0 Å². The predicted octanol–water partition coefficient (Wildman–Crippen LogP) is 5.04. The number of halogens is 1. The lowest BCUT2D eigenvalue weighted by Gasteiger charge is -2.14. The Bertz CT molecular complexity index is 964. The van der Waals surface area contributed by atoms with E-state index < -0.39 is 11.7 Å². The number of hydrogen-bond donors (Lipinski definition) is 2. The van der Waals surface area contributed by atoms with Crippen molar-refractivity contribution in [2.75, 3.05) is 10.6 Å². The van der Waals surface area contributed by atoms with Gasteiger partial charge in [0.15, 0.2) is 5.13 Å². The minimum atomic E-state index is -0.574. The predicted molar refractivity (Wildman–Crippen MR) is 111 cm³/mol. The molecule has 1 unspecified atom stereocenters. The van der Waals surface area contributed by atoms with Gasteiger partial charge in [-0.1, -0.05) is 25.1 Å². The maximum absolute atomic E-state index is 13.8. The largest absolute Gasteiger partial charge is 0.322 e. The first-order chi connectivity index (χ1) is 13.6. The average Bonchev–Trinajstić information content (AvgIpc) is 3.19. The molecular formula is C20H18FN3O2S2. The van der Waals surface area contributed by atoms with Crippen LogP contribution >= 0.6 is 23.1 Å². The summed E-state index contributed by atoms with van der Waals surface area (Å²) in [5.41, 5.74) is 0.517. The normalized spacial score (nSPS) is 11.6. The van der Waals surface area contributed by atoms with Crippen LogP contribution in [-0.2, 0) is 4.79 Å². The number of anilines is 2. The molecule has 0 bridgehead atoms. The van der Waals surface area contributed by atoms with Crippen LogP contribution in [0.15, 0.2) is 65.0 Å². The quantitative estimate of drug-likeness (QED) is 0.530. The van der Waals surface area contributed by atoms with Gasteiger partial charge in [0.25, 0.3) is 5.91 Å². The molecule has 1 heterocycles. The Labute approximate surface area is 170 Å². The minimum Gasteiger partial charge on any atom is -0.322 e. The highest BCUT2D eigenvalue weighted by Gasteiger charge is 2.19. The molecule has 2 N–H and O–H groups in total. The molecule has 0 aliphatic carbocycles. The maximum atomic E-state index is 13.8. The van der Waals surface area contributed by atoms with Crippen molar-refractivity contribution in [3.63, 3.8) is 0 Å². The highest BCUT2D eigenvalue weighted by atomic mass is 32.2. The van der Waals surface area contributed by atoms with E-state index >= 15 is 0 Å². The molecule has 0 aliphatic rings. The van der Waals surface area contributed by atoms with Gasteiger partial charge in [-0.15, -0.1) is 23.1 Å². The van der Waals surface area contributed by atoms with E-state index in [2.05, 4.69) is 15.6 Å². The summed E-state index contributed by atoms with van der Waals surface area (Å²) in [6, 6.07) is 12.9. The summed E-state index contributed by atoms with van der Waals surface area (Å²) < 4.78 is 13.8. The highest BCUT2D eigenvalue weighted by molar-refractivity contribution is 8.00. The maximum Gasteiger partial charge on any atom is 0.258 e. The van der Waals surface area contributed by atoms with Gasteiger partial charge in [-0.3, -0.25) is 9.59 Å². The number of aromatic nitrogens is 1. The number of thiazole rings is 1. The summed E-state index contributed by atoms with van der Waals surface area (Å²) in [6.45, 7) is 1.93. The minimum absolute atomic E-state index is 0.0187. The number of carbonyl (C=O) groups excluding carboxylic acids is 2. The zero-order valence-corrected chi connectivity index (χ0v) is 16.6. The number of amides is 2. The molecule has 0 saturated carbocycles. The molecule has 0 fully saturated rings. The SMILES string of the molecule is CCC(Sc1cccc(NC(=O)c2ccccc2F)c1)C(=O)Nc1nccs1. The fraction of sp³-hybridized carbons (Fsp3) is 0.150. The van der Waals surface area contributed by atoms with Gasteiger partial charge < -0.3 is 10.6 Å². The van der Waals surface area contributed by atoms with Crippen molar-refractivity contribution in [1.82, 2.24) is 4.98 Å². The van der Waals surface area contributed by atoms with Crippen molar-refractivity contribution in [2.24, 2.45) is 0 Å². The third-order valence-corrected chi connectivity index (χ3v) is 5.86. The van der Waals surface area contributed by atoms with Crippen LogP contribution < -0.4 is 10.6 Å². The lowest BCUT2D eigenvalue weighted by atomic mass is 10.2. The second kappa shape index (κ2) is 9.48. The molecule has 2 aromatic carbocycles. The van der Waals surface area contributed by atoms with E-state index in [9.17, 15) is 14.0 Å². The van der Waals surface area contributed by atoms with Crippen molar-refractivity contribution in [3.8, 4) is 0 Å². The second-order valence-electron chi connectivity index (χ2n) is 5.80. The standard InChI is InChI=1S/C20H18FN3O2S2/c1-2-17(19(26)24-20-22-10-11-27-20)28-14-7-5-6-13(12-14)23-18(25)15-8-3-4-9-16(15)21/h3-12,17H,2H2,1H3,(H,23,25)(H,22,24,26). The van der Waals surface area contributed by atoms with Crippen molar-refractivity contribution in [1.29, 1.82) is 0 Å². The third kappa shape index (κ3) is 5.17. The second-order valence-corrected chi connectivity index (χ2v) is 7.97. The Kier molecular flexibility index (Phi) is 6.78. The number of nitrogens with one attached hydrogen (secondary N) is 2. The van der Waals surface area contributed by atoms with Gasteiger partial charge in [0.2, 0.25) is 5.91 Å². The zero-order valence-electron chi connectivity index (χ0n) is 15.0. The Morgan fingerprint density at radius 1 is 1.18 bits per heavy atom. The average molecular weight is 416 g/mol. The van der Waals surface area contributed by atoms with Crippen LogP contribution in [0.1, 0.15) is 23.7 Å². The summed E-state index contributed by atoms with van der Waals surface area (Å²) >= 11 is 2.76. The number of hydrogen-bond acceptors (Lipinski definition) is 5. The summed E-state index contributed by atoms with van der Waals surface area (Å²) in [4.78, 5) is 29.6. The first kappa shape index (κ1) is 20.0. The van der Waals surface area contributed by atoms with Crippen molar-refractivity contribution in [2.45, 2.75) is 23.5 Å². The molecule has 0 aliphatic heterocycles. The van der Waals surface area contributed by atoms with E-state index in [0.29, 0.717) is 17.2 Å². The smallest absolute Gasteiger partial charge is 0.258 e. The van der Waals surface area contributed by atoms with Crippen molar-refractivity contribution < 1.29 is 14.0 Å². The third-order valence-electron chi connectivity index (χ3n) is 3.81. The Hall–Kier alpha value is -2.71. The zero-order chi connectivity index (χ0) is 19.9. The van der Waals surface area contributed by atoms with Crippen molar-refractivity contribution in [3.05, 3.63) is 71.5 Å². The highest BCUT2D eigenvalue weighted by Crippen LogP contribution is 2.29. The van der Waals surface area contributed by atoms with Crippen LogP contribution in [-0.4, -0.2) is 22.0 Å². The molecule has 3 aromatic rings. The van der Waals surface area contributed by atoms with Crippen LogP contribution in [0.3, 0.4) is 0 Å². The molecule has 8 heteroatoms. The Balaban J connectivity index is 1.67. The van der Waals surface area contributed by atoms with E-state index in [1.54, 1.807) is 35.8 Å². The van der Waals surface area contributed by atoms with Gasteiger partial charge in [0, 0.05) is 22.2 Å². The molecule has 2 amide bonds. The number of thioether (sulfide) groups is 1. The van der Waals surface area contributed by atoms with E-state index in [0.717, 1.165) is 4.90 Å². The first-order valence-electron chi connectivity index (χ1n) is 8.59. The number of nitrogens with zero attached hydrogens (tertiary/aromatic N) is 1. The van der Waals surface area contributed by atoms with Crippen molar-refractivity contribution >= 4 is 45.7 Å². The van der Waals surface area contributed by atoms with Gasteiger partial charge >= 0.3 is 0 Å². The molecule has 28 heavy (non-hydrogen) atoms. The summed E-state index contributed by atoms with van der Waals surface area (Å²) in [7, 11) is 0. The molecule has 144 valence electrons. The summed E-state index contributed by atoms with van der Waals surface area (Å²) in [6.07, 6.45) is 2.27. The van der Waals surface area contributed by atoms with Gasteiger partial charge in [-0.05, 0) is 36.8 Å². The Morgan fingerprint density at radius 3 is 2.71 bits per heavy atom. The van der Waals surface area contributed by atoms with Crippen LogP contribution in [0.25, 0.3) is 0 Å². The Morgan fingerprint density at radius 2 is 2.00 bits per heavy atom. The van der Waals surface area contributed by atoms with Crippen LogP contribution in [0.5, 0.6) is 0 Å². The lowest BCUT2D eigenvalue weighted by Crippen LogP contribution is -2.24. The number of rotatable bonds is 7. The molecular weight excluding hydrogens is 397 g/mol. The van der Waals surface area contributed by atoms with E-state index in [4.69, 9.17) is 0 Å². The fourth-order valence-electron chi connectivity index (χ4n) is 2.45. The molecule has 3 rings (SSSR count). The fourth-order valence-corrected chi connectivity index (χ4v) is 3.99. The monoisotopic (exact) mass is 415 g/mol. The van der Waals surface area contributed by atoms with Gasteiger partial charge in [0.05, 0.1) is 10.8 Å². The number of benzene rings is 2. The molecule has 1 atom stereocenters. The first-order valence-corrected chi connectivity index (χ1v) is 10.4. The number of carbonyl (C=O) groups is 2.